The van der Waals surface area contributed by atoms with Gasteiger partial charge in [-0.05, 0) is 24.1 Å². The van der Waals surface area contributed by atoms with Gasteiger partial charge in [0.15, 0.2) is 0 Å². The van der Waals surface area contributed by atoms with Crippen LogP contribution >= 0.6 is 12.4 Å². The van der Waals surface area contributed by atoms with Crippen LogP contribution < -0.4 is 15.8 Å². The van der Waals surface area contributed by atoms with E-state index >= 15 is 0 Å². The van der Waals surface area contributed by atoms with Crippen molar-refractivity contribution in [3.8, 4) is 5.75 Å². The molecule has 114 valence electrons. The van der Waals surface area contributed by atoms with Crippen LogP contribution in [0.15, 0.2) is 24.3 Å². The van der Waals surface area contributed by atoms with Gasteiger partial charge in [0.05, 0.1) is 13.2 Å². The zero-order chi connectivity index (χ0) is 14.1. The van der Waals surface area contributed by atoms with Crippen molar-refractivity contribution in [1.29, 1.82) is 0 Å². The number of nitrogens with two attached hydrogens (primary N) is 1. The van der Waals surface area contributed by atoms with Crippen LogP contribution in [-0.4, -0.2) is 32.3 Å². The molecule has 0 bridgehead atoms. The lowest BCUT2D eigenvalue weighted by Gasteiger charge is -2.11. The number of hydrogen-bond acceptors (Lipinski definition) is 4. The van der Waals surface area contributed by atoms with Gasteiger partial charge in [0.2, 0.25) is 5.91 Å². The number of rotatable bonds is 8. The van der Waals surface area contributed by atoms with Crippen LogP contribution in [-0.2, 0) is 16.1 Å². The maximum atomic E-state index is 11.6. The molecule has 1 unspecified atom stereocenters. The van der Waals surface area contributed by atoms with Crippen molar-refractivity contribution in [2.75, 3.05) is 20.3 Å². The van der Waals surface area contributed by atoms with Crippen LogP contribution in [0.3, 0.4) is 0 Å². The number of ether oxygens (including phenoxy) is 2. The van der Waals surface area contributed by atoms with Gasteiger partial charge in [-0.2, -0.15) is 0 Å². The molecule has 0 aliphatic carbocycles. The maximum absolute atomic E-state index is 11.6. The van der Waals surface area contributed by atoms with Crippen LogP contribution in [0.4, 0.5) is 0 Å². The van der Waals surface area contributed by atoms with E-state index in [4.69, 9.17) is 15.2 Å². The number of benzene rings is 1. The fourth-order valence-electron chi connectivity index (χ4n) is 1.50. The predicted molar refractivity (Wildman–Crippen MR) is 81.2 cm³/mol. The van der Waals surface area contributed by atoms with Gasteiger partial charge in [0, 0.05) is 13.7 Å². The molecule has 0 aliphatic heterocycles. The molecule has 0 heterocycles. The lowest BCUT2D eigenvalue weighted by Crippen LogP contribution is -2.43. The Balaban J connectivity index is 0.00000361. The molecule has 0 radical (unpaired) electrons. The summed E-state index contributed by atoms with van der Waals surface area (Å²) in [7, 11) is 1.52. The highest BCUT2D eigenvalue weighted by atomic mass is 35.5. The first-order valence-electron chi connectivity index (χ1n) is 6.41. The van der Waals surface area contributed by atoms with Gasteiger partial charge < -0.3 is 20.5 Å². The smallest absolute Gasteiger partial charge is 0.239 e. The van der Waals surface area contributed by atoms with E-state index in [1.807, 2.05) is 24.3 Å². The van der Waals surface area contributed by atoms with Gasteiger partial charge in [-0.25, -0.2) is 0 Å². The van der Waals surface area contributed by atoms with Gasteiger partial charge in [-0.3, -0.25) is 4.79 Å². The molecule has 6 heteroatoms. The molecular formula is C14H23ClN2O3. The normalized spacial score (nSPS) is 11.3. The predicted octanol–water partition coefficient (Wildman–Crippen LogP) is 1.49. The summed E-state index contributed by atoms with van der Waals surface area (Å²) in [6.45, 7) is 3.44. The minimum Gasteiger partial charge on any atom is -0.494 e. The van der Waals surface area contributed by atoms with Crippen molar-refractivity contribution in [3.05, 3.63) is 29.8 Å². The Kier molecular flexibility index (Phi) is 9.80. The van der Waals surface area contributed by atoms with Crippen LogP contribution in [0.25, 0.3) is 0 Å². The Morgan fingerprint density at radius 1 is 1.35 bits per heavy atom. The second-order valence-corrected chi connectivity index (χ2v) is 4.27. The molecule has 0 saturated heterocycles. The number of methoxy groups -OCH3 is 1. The van der Waals surface area contributed by atoms with Gasteiger partial charge in [-0.15, -0.1) is 12.4 Å². The molecule has 0 aliphatic rings. The Hall–Kier alpha value is -1.30. The Labute approximate surface area is 126 Å². The molecule has 1 rings (SSSR count). The Bertz CT molecular complexity index is 385. The van der Waals surface area contributed by atoms with Crippen LogP contribution in [0.1, 0.15) is 18.9 Å². The summed E-state index contributed by atoms with van der Waals surface area (Å²) >= 11 is 0. The van der Waals surface area contributed by atoms with Gasteiger partial charge >= 0.3 is 0 Å². The summed E-state index contributed by atoms with van der Waals surface area (Å²) in [6.07, 6.45) is 0.981. The fourth-order valence-corrected chi connectivity index (χ4v) is 1.50. The standard InChI is InChI=1S/C14H22N2O3.ClH/c1-3-8-19-12-6-4-11(5-7-12)9-16-14(17)13(15)10-18-2;/h4-7,13H,3,8-10,15H2,1-2H3,(H,16,17);1H. The molecule has 0 spiro atoms. The average Bonchev–Trinajstić information content (AvgIpc) is 2.43. The molecular weight excluding hydrogens is 280 g/mol. The third-order valence-corrected chi connectivity index (χ3v) is 2.55. The highest BCUT2D eigenvalue weighted by Gasteiger charge is 2.11. The molecule has 1 aromatic carbocycles. The summed E-state index contributed by atoms with van der Waals surface area (Å²) in [6, 6.07) is 7.01. The van der Waals surface area contributed by atoms with E-state index in [0.29, 0.717) is 13.2 Å². The number of amides is 1. The zero-order valence-electron chi connectivity index (χ0n) is 11.9. The number of nitrogens with one attached hydrogen (secondary N) is 1. The van der Waals surface area contributed by atoms with Crippen molar-refractivity contribution in [3.63, 3.8) is 0 Å². The van der Waals surface area contributed by atoms with Crippen LogP contribution in [0, 0.1) is 0 Å². The highest BCUT2D eigenvalue weighted by molar-refractivity contribution is 5.85. The second-order valence-electron chi connectivity index (χ2n) is 4.27. The van der Waals surface area contributed by atoms with E-state index in [1.54, 1.807) is 0 Å². The molecule has 1 aromatic rings. The Morgan fingerprint density at radius 3 is 2.55 bits per heavy atom. The topological polar surface area (TPSA) is 73.6 Å². The molecule has 3 N–H and O–H groups in total. The fraction of sp³-hybridized carbons (Fsp3) is 0.500. The molecule has 1 amide bonds. The van der Waals surface area contributed by atoms with E-state index in [2.05, 4.69) is 12.2 Å². The van der Waals surface area contributed by atoms with Gasteiger partial charge in [0.25, 0.3) is 0 Å². The first-order chi connectivity index (χ1) is 9.17. The largest absolute Gasteiger partial charge is 0.494 e. The first-order valence-corrected chi connectivity index (χ1v) is 6.41. The number of carbonyl (C=O) groups excluding carboxylic acids is 1. The van der Waals surface area contributed by atoms with Gasteiger partial charge in [-0.1, -0.05) is 19.1 Å². The zero-order valence-corrected chi connectivity index (χ0v) is 12.7. The Morgan fingerprint density at radius 2 is 2.00 bits per heavy atom. The van der Waals surface area contributed by atoms with E-state index in [0.717, 1.165) is 17.7 Å². The summed E-state index contributed by atoms with van der Waals surface area (Å²) in [5.74, 6) is 0.626. The highest BCUT2D eigenvalue weighted by Crippen LogP contribution is 2.12. The maximum Gasteiger partial charge on any atom is 0.239 e. The number of carbonyl (C=O) groups is 1. The average molecular weight is 303 g/mol. The van der Waals surface area contributed by atoms with Crippen molar-refractivity contribution in [2.24, 2.45) is 5.73 Å². The van der Waals surface area contributed by atoms with Crippen molar-refractivity contribution < 1.29 is 14.3 Å². The van der Waals surface area contributed by atoms with E-state index in [-0.39, 0.29) is 24.9 Å². The minimum atomic E-state index is -0.628. The summed E-state index contributed by atoms with van der Waals surface area (Å²) < 4.78 is 10.3. The molecule has 0 aromatic heterocycles. The number of halogens is 1. The summed E-state index contributed by atoms with van der Waals surface area (Å²) in [5.41, 5.74) is 6.62. The van der Waals surface area contributed by atoms with E-state index in [1.165, 1.54) is 7.11 Å². The van der Waals surface area contributed by atoms with Crippen LogP contribution in [0.2, 0.25) is 0 Å². The van der Waals surface area contributed by atoms with Crippen molar-refractivity contribution in [1.82, 2.24) is 5.32 Å². The lowest BCUT2D eigenvalue weighted by atomic mass is 10.2. The summed E-state index contributed by atoms with van der Waals surface area (Å²) in [5, 5.41) is 2.76. The van der Waals surface area contributed by atoms with Crippen molar-refractivity contribution >= 4 is 18.3 Å². The molecule has 1 atom stereocenters. The molecule has 0 fully saturated rings. The second kappa shape index (κ2) is 10.5. The molecule has 5 nitrogen and oxygen atoms in total. The SMILES string of the molecule is CCCOc1ccc(CNC(=O)C(N)COC)cc1.Cl. The van der Waals surface area contributed by atoms with Gasteiger partial charge in [0.1, 0.15) is 11.8 Å². The van der Waals surface area contributed by atoms with Crippen molar-refractivity contribution in [2.45, 2.75) is 25.9 Å². The quantitative estimate of drug-likeness (QED) is 0.763. The summed E-state index contributed by atoms with van der Waals surface area (Å²) in [4.78, 5) is 11.6. The minimum absolute atomic E-state index is 0. The third kappa shape index (κ3) is 6.75. The van der Waals surface area contributed by atoms with E-state index < -0.39 is 6.04 Å². The number of hydrogen-bond donors (Lipinski definition) is 2. The lowest BCUT2D eigenvalue weighted by molar-refractivity contribution is -0.123. The van der Waals surface area contributed by atoms with Crippen LogP contribution in [0.5, 0.6) is 5.75 Å². The molecule has 20 heavy (non-hydrogen) atoms. The third-order valence-electron chi connectivity index (χ3n) is 2.55. The molecule has 0 saturated carbocycles. The first kappa shape index (κ1) is 18.7. The monoisotopic (exact) mass is 302 g/mol. The van der Waals surface area contributed by atoms with E-state index in [9.17, 15) is 4.79 Å².